The number of benzene rings is 2. The van der Waals surface area contributed by atoms with Crippen molar-refractivity contribution in [2.75, 3.05) is 44.8 Å². The summed E-state index contributed by atoms with van der Waals surface area (Å²) in [6, 6.07) is 14.7. The lowest BCUT2D eigenvalue weighted by Gasteiger charge is -2.40. The normalized spacial score (nSPS) is 20.2. The van der Waals surface area contributed by atoms with Gasteiger partial charge in [-0.05, 0) is 53.6 Å². The van der Waals surface area contributed by atoms with E-state index < -0.39 is 0 Å². The molecule has 2 aliphatic heterocycles. The van der Waals surface area contributed by atoms with E-state index in [1.54, 1.807) is 17.9 Å². The summed E-state index contributed by atoms with van der Waals surface area (Å²) in [6.07, 6.45) is 2.14. The maximum absolute atomic E-state index is 15.0. The van der Waals surface area contributed by atoms with Crippen LogP contribution >= 0.6 is 0 Å². The highest BCUT2D eigenvalue weighted by molar-refractivity contribution is 5.49. The first-order chi connectivity index (χ1) is 16.2. The first-order valence-corrected chi connectivity index (χ1v) is 11.5. The van der Waals surface area contributed by atoms with Crippen LogP contribution in [-0.4, -0.2) is 71.1 Å². The molecule has 0 amide bonds. The van der Waals surface area contributed by atoms with Gasteiger partial charge in [-0.25, -0.2) is 9.07 Å². The standard InChI is InChI=1S/C24H29FN6O2/c1-32-19-10-8-18(9-11-19)29-12-14-30(15-13-29)23(21-6-2-3-7-22(21)25)24-26-27-28-31(24)17-20-5-4-16-33-20/h2-3,6-11,20,23H,4-5,12-17H2,1H3. The molecule has 8 nitrogen and oxygen atoms in total. The highest BCUT2D eigenvalue weighted by Gasteiger charge is 2.33. The van der Waals surface area contributed by atoms with E-state index in [2.05, 4.69) is 37.5 Å². The second-order valence-corrected chi connectivity index (χ2v) is 8.50. The second kappa shape index (κ2) is 9.84. The van der Waals surface area contributed by atoms with E-state index in [9.17, 15) is 4.39 Å². The first kappa shape index (κ1) is 21.8. The van der Waals surface area contributed by atoms with Crippen LogP contribution in [0.25, 0.3) is 0 Å². The third kappa shape index (κ3) is 4.69. The molecule has 2 saturated heterocycles. The number of hydrogen-bond acceptors (Lipinski definition) is 7. The van der Waals surface area contributed by atoms with E-state index in [0.29, 0.717) is 17.9 Å². The molecule has 3 heterocycles. The van der Waals surface area contributed by atoms with E-state index in [0.717, 1.165) is 57.1 Å². The monoisotopic (exact) mass is 452 g/mol. The zero-order chi connectivity index (χ0) is 22.6. The van der Waals surface area contributed by atoms with Crippen LogP contribution in [0.1, 0.15) is 30.3 Å². The summed E-state index contributed by atoms with van der Waals surface area (Å²) in [5.74, 6) is 1.26. The van der Waals surface area contributed by atoms with Crippen LogP contribution in [-0.2, 0) is 11.3 Å². The van der Waals surface area contributed by atoms with Gasteiger partial charge in [-0.3, -0.25) is 4.90 Å². The lowest BCUT2D eigenvalue weighted by molar-refractivity contribution is 0.0906. The van der Waals surface area contributed by atoms with Crippen molar-refractivity contribution in [1.29, 1.82) is 0 Å². The van der Waals surface area contributed by atoms with E-state index in [4.69, 9.17) is 9.47 Å². The minimum Gasteiger partial charge on any atom is -0.497 e. The van der Waals surface area contributed by atoms with E-state index in [-0.39, 0.29) is 18.0 Å². The van der Waals surface area contributed by atoms with Gasteiger partial charge in [0.2, 0.25) is 0 Å². The summed E-state index contributed by atoms with van der Waals surface area (Å²) < 4.78 is 27.8. The van der Waals surface area contributed by atoms with E-state index in [1.807, 2.05) is 24.3 Å². The Bertz CT molecular complexity index is 1050. The van der Waals surface area contributed by atoms with Crippen molar-refractivity contribution in [3.05, 3.63) is 65.7 Å². The second-order valence-electron chi connectivity index (χ2n) is 8.50. The minimum absolute atomic E-state index is 0.0976. The van der Waals surface area contributed by atoms with Crippen LogP contribution in [0.3, 0.4) is 0 Å². The number of halogens is 1. The number of anilines is 1. The molecule has 2 aromatic carbocycles. The van der Waals surface area contributed by atoms with Crippen LogP contribution in [0.2, 0.25) is 0 Å². The Morgan fingerprint density at radius 1 is 1.09 bits per heavy atom. The third-order valence-electron chi connectivity index (χ3n) is 6.52. The topological polar surface area (TPSA) is 68.5 Å². The molecule has 2 fully saturated rings. The predicted molar refractivity (Wildman–Crippen MR) is 122 cm³/mol. The molecular weight excluding hydrogens is 423 g/mol. The van der Waals surface area contributed by atoms with Gasteiger partial charge in [0, 0.05) is 44.0 Å². The lowest BCUT2D eigenvalue weighted by atomic mass is 10.0. The van der Waals surface area contributed by atoms with Crippen LogP contribution < -0.4 is 9.64 Å². The maximum Gasteiger partial charge on any atom is 0.173 e. The number of piperazine rings is 1. The summed E-state index contributed by atoms with van der Waals surface area (Å²) in [5.41, 5.74) is 1.75. The summed E-state index contributed by atoms with van der Waals surface area (Å²) in [4.78, 5) is 4.61. The van der Waals surface area contributed by atoms with Crippen LogP contribution in [0.15, 0.2) is 48.5 Å². The van der Waals surface area contributed by atoms with Crippen molar-refractivity contribution in [3.63, 3.8) is 0 Å². The lowest BCUT2D eigenvalue weighted by Crippen LogP contribution is -2.48. The average Bonchev–Trinajstić information content (AvgIpc) is 3.54. The molecule has 174 valence electrons. The van der Waals surface area contributed by atoms with Gasteiger partial charge in [-0.15, -0.1) is 5.10 Å². The molecule has 0 spiro atoms. The van der Waals surface area contributed by atoms with Crippen molar-refractivity contribution in [1.82, 2.24) is 25.1 Å². The fraction of sp³-hybridized carbons (Fsp3) is 0.458. The molecule has 1 aromatic heterocycles. The molecule has 2 aliphatic rings. The van der Waals surface area contributed by atoms with Gasteiger partial charge < -0.3 is 14.4 Å². The van der Waals surface area contributed by atoms with Crippen molar-refractivity contribution < 1.29 is 13.9 Å². The minimum atomic E-state index is -0.361. The Morgan fingerprint density at radius 3 is 2.58 bits per heavy atom. The molecule has 0 radical (unpaired) electrons. The van der Waals surface area contributed by atoms with Gasteiger partial charge in [0.1, 0.15) is 17.6 Å². The average molecular weight is 453 g/mol. The first-order valence-electron chi connectivity index (χ1n) is 11.5. The van der Waals surface area contributed by atoms with Crippen molar-refractivity contribution >= 4 is 5.69 Å². The summed E-state index contributed by atoms with van der Waals surface area (Å²) in [7, 11) is 1.67. The molecule has 2 unspecified atom stereocenters. The summed E-state index contributed by atoms with van der Waals surface area (Å²) in [5, 5.41) is 12.5. The van der Waals surface area contributed by atoms with Crippen LogP contribution in [0.4, 0.5) is 10.1 Å². The molecule has 0 saturated carbocycles. The highest BCUT2D eigenvalue weighted by Crippen LogP contribution is 2.31. The number of ether oxygens (including phenoxy) is 2. The van der Waals surface area contributed by atoms with Gasteiger partial charge in [-0.1, -0.05) is 18.2 Å². The van der Waals surface area contributed by atoms with E-state index in [1.165, 1.54) is 6.07 Å². The van der Waals surface area contributed by atoms with Crippen molar-refractivity contribution in [2.45, 2.75) is 31.5 Å². The molecule has 2 atom stereocenters. The highest BCUT2D eigenvalue weighted by atomic mass is 19.1. The van der Waals surface area contributed by atoms with Gasteiger partial charge >= 0.3 is 0 Å². The molecule has 9 heteroatoms. The molecule has 0 bridgehead atoms. The smallest absolute Gasteiger partial charge is 0.173 e. The summed E-state index contributed by atoms with van der Waals surface area (Å²) >= 11 is 0. The summed E-state index contributed by atoms with van der Waals surface area (Å²) in [6.45, 7) is 4.52. The molecule has 0 N–H and O–H groups in total. The Hall–Kier alpha value is -3.04. The Morgan fingerprint density at radius 2 is 1.88 bits per heavy atom. The maximum atomic E-state index is 15.0. The molecule has 3 aromatic rings. The number of methoxy groups -OCH3 is 1. The Balaban J connectivity index is 1.38. The zero-order valence-electron chi connectivity index (χ0n) is 18.8. The number of nitrogens with zero attached hydrogens (tertiary/aromatic N) is 6. The predicted octanol–water partition coefficient (Wildman–Crippen LogP) is 2.91. The van der Waals surface area contributed by atoms with Gasteiger partial charge in [0.15, 0.2) is 5.82 Å². The van der Waals surface area contributed by atoms with Gasteiger partial charge in [0.05, 0.1) is 19.8 Å². The number of hydrogen-bond donors (Lipinski definition) is 0. The van der Waals surface area contributed by atoms with Crippen molar-refractivity contribution in [2.24, 2.45) is 0 Å². The molecule has 5 rings (SSSR count). The molecule has 33 heavy (non-hydrogen) atoms. The largest absolute Gasteiger partial charge is 0.497 e. The fourth-order valence-corrected chi connectivity index (χ4v) is 4.75. The number of rotatable bonds is 7. The molecule has 0 aliphatic carbocycles. The third-order valence-corrected chi connectivity index (χ3v) is 6.52. The fourth-order valence-electron chi connectivity index (χ4n) is 4.75. The molecular formula is C24H29FN6O2. The quantitative estimate of drug-likeness (QED) is 0.546. The SMILES string of the molecule is COc1ccc(N2CCN(C(c3ccccc3F)c3nnnn3CC3CCCO3)CC2)cc1. The Labute approximate surface area is 192 Å². The Kier molecular flexibility index (Phi) is 6.50. The van der Waals surface area contributed by atoms with Crippen molar-refractivity contribution in [3.8, 4) is 5.75 Å². The van der Waals surface area contributed by atoms with Crippen LogP contribution in [0.5, 0.6) is 5.75 Å². The van der Waals surface area contributed by atoms with Crippen LogP contribution in [0, 0.1) is 5.82 Å². The van der Waals surface area contributed by atoms with Gasteiger partial charge in [-0.2, -0.15) is 0 Å². The van der Waals surface area contributed by atoms with Gasteiger partial charge in [0.25, 0.3) is 0 Å². The number of aromatic nitrogens is 4. The number of tetrazole rings is 1. The zero-order valence-corrected chi connectivity index (χ0v) is 18.8. The van der Waals surface area contributed by atoms with E-state index >= 15 is 0 Å².